The van der Waals surface area contributed by atoms with Crippen molar-refractivity contribution in [1.82, 2.24) is 0 Å². The van der Waals surface area contributed by atoms with Gasteiger partial charge in [0, 0.05) is 16.5 Å². The van der Waals surface area contributed by atoms with Gasteiger partial charge in [0.15, 0.2) is 5.78 Å². The zero-order valence-electron chi connectivity index (χ0n) is 9.93. The van der Waals surface area contributed by atoms with Crippen LogP contribution in [0.3, 0.4) is 0 Å². The van der Waals surface area contributed by atoms with Crippen molar-refractivity contribution in [3.63, 3.8) is 0 Å². The minimum absolute atomic E-state index is 0.0958. The largest absolute Gasteiger partial charge is 0.481 e. The summed E-state index contributed by atoms with van der Waals surface area (Å²) in [5.74, 6) is -0.683. The van der Waals surface area contributed by atoms with Crippen molar-refractivity contribution in [3.05, 3.63) is 34.3 Å². The van der Waals surface area contributed by atoms with Gasteiger partial charge in [-0.2, -0.15) is 0 Å². The highest BCUT2D eigenvalue weighted by Gasteiger charge is 2.31. The van der Waals surface area contributed by atoms with Gasteiger partial charge in [-0.15, -0.1) is 0 Å². The Labute approximate surface area is 114 Å². The van der Waals surface area contributed by atoms with Crippen LogP contribution in [0, 0.1) is 11.8 Å². The molecule has 1 fully saturated rings. The first kappa shape index (κ1) is 13.3. The highest BCUT2D eigenvalue weighted by molar-refractivity contribution is 9.10. The van der Waals surface area contributed by atoms with Crippen LogP contribution in [0.1, 0.15) is 36.0 Å². The Hall–Kier alpha value is -1.16. The van der Waals surface area contributed by atoms with Crippen LogP contribution in [0.5, 0.6) is 0 Å². The fourth-order valence-corrected chi connectivity index (χ4v) is 3.05. The molecule has 2 atom stereocenters. The first-order valence-electron chi connectivity index (χ1n) is 6.08. The number of carboxylic acid groups (broad SMARTS) is 1. The summed E-state index contributed by atoms with van der Waals surface area (Å²) in [5, 5.41) is 8.93. The summed E-state index contributed by atoms with van der Waals surface area (Å²) in [7, 11) is 0. The van der Waals surface area contributed by atoms with Crippen molar-refractivity contribution in [2.75, 3.05) is 0 Å². The third-order valence-electron chi connectivity index (χ3n) is 3.54. The summed E-state index contributed by atoms with van der Waals surface area (Å²) in [6, 6.07) is 7.36. The standard InChI is InChI=1S/C14H15BrO3/c15-12-4-2-1-3-11(12)13(16)8-9-5-6-10(7-9)14(17)18/h1-4,9-10H,5-8H2,(H,17,18). The van der Waals surface area contributed by atoms with E-state index in [9.17, 15) is 9.59 Å². The van der Waals surface area contributed by atoms with Gasteiger partial charge in [0.2, 0.25) is 0 Å². The maximum atomic E-state index is 12.1. The number of carbonyl (C=O) groups excluding carboxylic acids is 1. The number of aliphatic carboxylic acids is 1. The Kier molecular flexibility index (Phi) is 4.17. The fourth-order valence-electron chi connectivity index (χ4n) is 2.54. The maximum absolute atomic E-state index is 12.1. The SMILES string of the molecule is O=C(CC1CCC(C(=O)O)C1)c1ccccc1Br. The third kappa shape index (κ3) is 2.99. The predicted molar refractivity (Wildman–Crippen MR) is 71.6 cm³/mol. The number of rotatable bonds is 4. The lowest BCUT2D eigenvalue weighted by atomic mass is 9.96. The molecule has 0 saturated heterocycles. The number of carboxylic acids is 1. The molecule has 0 amide bonds. The molecule has 0 aromatic heterocycles. The Morgan fingerprint density at radius 1 is 1.28 bits per heavy atom. The lowest BCUT2D eigenvalue weighted by Crippen LogP contribution is -2.11. The summed E-state index contributed by atoms with van der Waals surface area (Å²) in [6.07, 6.45) is 2.62. The molecule has 0 radical (unpaired) electrons. The normalized spacial score (nSPS) is 22.9. The Morgan fingerprint density at radius 3 is 2.61 bits per heavy atom. The number of ketones is 1. The van der Waals surface area contributed by atoms with E-state index < -0.39 is 5.97 Å². The minimum Gasteiger partial charge on any atom is -0.481 e. The van der Waals surface area contributed by atoms with Gasteiger partial charge >= 0.3 is 5.97 Å². The van der Waals surface area contributed by atoms with Gasteiger partial charge in [0.25, 0.3) is 0 Å². The van der Waals surface area contributed by atoms with Gasteiger partial charge in [-0.05, 0) is 31.2 Å². The zero-order valence-corrected chi connectivity index (χ0v) is 11.5. The molecule has 1 N–H and O–H groups in total. The van der Waals surface area contributed by atoms with E-state index in [0.717, 1.165) is 10.9 Å². The summed E-state index contributed by atoms with van der Waals surface area (Å²) >= 11 is 3.37. The van der Waals surface area contributed by atoms with Crippen molar-refractivity contribution >= 4 is 27.7 Å². The number of hydrogen-bond acceptors (Lipinski definition) is 2. The van der Waals surface area contributed by atoms with Gasteiger partial charge < -0.3 is 5.11 Å². The van der Waals surface area contributed by atoms with Gasteiger partial charge in [0.1, 0.15) is 0 Å². The van der Waals surface area contributed by atoms with Gasteiger partial charge in [-0.3, -0.25) is 9.59 Å². The third-order valence-corrected chi connectivity index (χ3v) is 4.23. The molecule has 18 heavy (non-hydrogen) atoms. The summed E-state index contributed by atoms with van der Waals surface area (Å²) < 4.78 is 0.808. The average molecular weight is 311 g/mol. The van der Waals surface area contributed by atoms with Crippen molar-refractivity contribution in [2.45, 2.75) is 25.7 Å². The van der Waals surface area contributed by atoms with Gasteiger partial charge in [0.05, 0.1) is 5.92 Å². The van der Waals surface area contributed by atoms with Crippen molar-refractivity contribution in [3.8, 4) is 0 Å². The second kappa shape index (κ2) is 5.65. The second-order valence-electron chi connectivity index (χ2n) is 4.82. The molecule has 96 valence electrons. The molecule has 2 rings (SSSR count). The van der Waals surface area contributed by atoms with Crippen LogP contribution in [0.15, 0.2) is 28.7 Å². The molecule has 1 aromatic carbocycles. The van der Waals surface area contributed by atoms with Crippen LogP contribution in [0.25, 0.3) is 0 Å². The molecule has 0 aliphatic heterocycles. The first-order chi connectivity index (χ1) is 8.58. The van der Waals surface area contributed by atoms with E-state index in [1.54, 1.807) is 6.07 Å². The van der Waals surface area contributed by atoms with Crippen LogP contribution < -0.4 is 0 Å². The fraction of sp³-hybridized carbons (Fsp3) is 0.429. The predicted octanol–water partition coefficient (Wildman–Crippen LogP) is 3.52. The van der Waals surface area contributed by atoms with Gasteiger partial charge in [-0.25, -0.2) is 0 Å². The number of hydrogen-bond donors (Lipinski definition) is 1. The quantitative estimate of drug-likeness (QED) is 0.866. The van der Waals surface area contributed by atoms with Crippen LogP contribution in [0.4, 0.5) is 0 Å². The smallest absolute Gasteiger partial charge is 0.306 e. The Morgan fingerprint density at radius 2 is 2.00 bits per heavy atom. The number of carbonyl (C=O) groups is 2. The summed E-state index contributed by atoms with van der Waals surface area (Å²) in [6.45, 7) is 0. The van der Waals surface area contributed by atoms with Crippen LogP contribution in [-0.2, 0) is 4.79 Å². The van der Waals surface area contributed by atoms with E-state index in [1.165, 1.54) is 0 Å². The first-order valence-corrected chi connectivity index (χ1v) is 6.87. The van der Waals surface area contributed by atoms with Crippen LogP contribution in [0.2, 0.25) is 0 Å². The number of benzene rings is 1. The molecule has 2 unspecified atom stereocenters. The molecule has 0 bridgehead atoms. The van der Waals surface area contributed by atoms with E-state index in [-0.39, 0.29) is 17.6 Å². The lowest BCUT2D eigenvalue weighted by molar-refractivity contribution is -0.141. The van der Waals surface area contributed by atoms with E-state index in [2.05, 4.69) is 15.9 Å². The molecule has 4 heteroatoms. The van der Waals surface area contributed by atoms with E-state index in [0.29, 0.717) is 24.8 Å². The van der Waals surface area contributed by atoms with Gasteiger partial charge in [-0.1, -0.05) is 34.1 Å². The molecule has 0 spiro atoms. The highest BCUT2D eigenvalue weighted by atomic mass is 79.9. The monoisotopic (exact) mass is 310 g/mol. The molecule has 1 saturated carbocycles. The van der Waals surface area contributed by atoms with E-state index in [4.69, 9.17) is 5.11 Å². The number of halogens is 1. The molecule has 1 aromatic rings. The lowest BCUT2D eigenvalue weighted by Gasteiger charge is -2.09. The highest BCUT2D eigenvalue weighted by Crippen LogP contribution is 2.34. The molecule has 1 aliphatic carbocycles. The Balaban J connectivity index is 1.97. The number of Topliss-reactive ketones (excluding diaryl/α,β-unsaturated/α-hetero) is 1. The van der Waals surface area contributed by atoms with Crippen LogP contribution >= 0.6 is 15.9 Å². The minimum atomic E-state index is -0.731. The molecule has 3 nitrogen and oxygen atoms in total. The topological polar surface area (TPSA) is 54.4 Å². The molecular weight excluding hydrogens is 296 g/mol. The molecule has 1 aliphatic rings. The Bertz CT molecular complexity index is 470. The second-order valence-corrected chi connectivity index (χ2v) is 5.68. The van der Waals surface area contributed by atoms with Crippen molar-refractivity contribution in [2.24, 2.45) is 11.8 Å². The van der Waals surface area contributed by atoms with Crippen molar-refractivity contribution in [1.29, 1.82) is 0 Å². The zero-order chi connectivity index (χ0) is 13.1. The average Bonchev–Trinajstić information content (AvgIpc) is 2.78. The molecular formula is C14H15BrO3. The van der Waals surface area contributed by atoms with E-state index >= 15 is 0 Å². The van der Waals surface area contributed by atoms with Crippen LogP contribution in [-0.4, -0.2) is 16.9 Å². The van der Waals surface area contributed by atoms with Crippen molar-refractivity contribution < 1.29 is 14.7 Å². The maximum Gasteiger partial charge on any atom is 0.306 e. The summed E-state index contributed by atoms with van der Waals surface area (Å²) in [4.78, 5) is 23.0. The molecule has 0 heterocycles. The van der Waals surface area contributed by atoms with E-state index in [1.807, 2.05) is 18.2 Å². The summed E-state index contributed by atoms with van der Waals surface area (Å²) in [5.41, 5.74) is 0.691.